The molecule has 2 atom stereocenters. The van der Waals surface area contributed by atoms with Gasteiger partial charge in [-0.2, -0.15) is 0 Å². The molecule has 0 fully saturated rings. The lowest BCUT2D eigenvalue weighted by Gasteiger charge is -2.34. The van der Waals surface area contributed by atoms with E-state index in [0.717, 1.165) is 44.1 Å². The molecule has 37 heavy (non-hydrogen) atoms. The van der Waals surface area contributed by atoms with E-state index in [1.807, 2.05) is 12.1 Å². The van der Waals surface area contributed by atoms with Gasteiger partial charge in [0.1, 0.15) is 18.1 Å². The molecule has 0 aliphatic heterocycles. The average Bonchev–Trinajstić information content (AvgIpc) is 2.85. The minimum atomic E-state index is -0.480. The second kappa shape index (κ2) is 17.6. The zero-order valence-corrected chi connectivity index (χ0v) is 23.6. The van der Waals surface area contributed by atoms with Crippen LogP contribution in [0.2, 0.25) is 0 Å². The SMILES string of the molecule is CCCCCc1cc(O)c(C2C=C(C)CCC2C(C)C)c(OC(=O)COCCOCCOCCOC)c1. The summed E-state index contributed by atoms with van der Waals surface area (Å²) in [6, 6.07) is 3.79. The number of methoxy groups -OCH3 is 1. The van der Waals surface area contributed by atoms with Crippen molar-refractivity contribution in [1.29, 1.82) is 0 Å². The van der Waals surface area contributed by atoms with Crippen molar-refractivity contribution in [3.63, 3.8) is 0 Å². The first-order valence-electron chi connectivity index (χ1n) is 13.8. The lowest BCUT2D eigenvalue weighted by molar-refractivity contribution is -0.140. The molecule has 0 heterocycles. The van der Waals surface area contributed by atoms with Gasteiger partial charge in [-0.05, 0) is 62.1 Å². The van der Waals surface area contributed by atoms with Gasteiger partial charge in [-0.3, -0.25) is 0 Å². The standard InChI is InChI=1S/C30H48O7/c1-6-7-8-9-24-19-27(31)30(26-18-23(4)10-11-25(26)22(2)3)28(20-24)37-29(32)21-36-17-16-35-15-14-34-13-12-33-5/h18-20,22,25-26,31H,6-17,21H2,1-5H3. The number of allylic oxidation sites excluding steroid dienone is 2. The monoisotopic (exact) mass is 520 g/mol. The van der Waals surface area contributed by atoms with Gasteiger partial charge in [0.25, 0.3) is 0 Å². The van der Waals surface area contributed by atoms with Crippen molar-refractivity contribution in [3.05, 3.63) is 34.9 Å². The van der Waals surface area contributed by atoms with E-state index >= 15 is 0 Å². The Morgan fingerprint density at radius 3 is 2.35 bits per heavy atom. The Morgan fingerprint density at radius 1 is 1.03 bits per heavy atom. The molecular weight excluding hydrogens is 472 g/mol. The van der Waals surface area contributed by atoms with Gasteiger partial charge in [-0.25, -0.2) is 4.79 Å². The van der Waals surface area contributed by atoms with Crippen molar-refractivity contribution in [2.24, 2.45) is 11.8 Å². The third-order valence-electron chi connectivity index (χ3n) is 6.86. The molecule has 7 nitrogen and oxygen atoms in total. The van der Waals surface area contributed by atoms with Gasteiger partial charge < -0.3 is 28.8 Å². The van der Waals surface area contributed by atoms with Gasteiger partial charge in [-0.1, -0.05) is 45.3 Å². The van der Waals surface area contributed by atoms with Gasteiger partial charge in [0, 0.05) is 18.6 Å². The molecule has 7 heteroatoms. The minimum Gasteiger partial charge on any atom is -0.507 e. The number of aromatic hydroxyl groups is 1. The van der Waals surface area contributed by atoms with Crippen LogP contribution >= 0.6 is 0 Å². The molecule has 1 aliphatic rings. The topological polar surface area (TPSA) is 83.5 Å². The number of unbranched alkanes of at least 4 members (excludes halogenated alkanes) is 2. The van der Waals surface area contributed by atoms with Crippen molar-refractivity contribution in [2.45, 2.75) is 72.1 Å². The van der Waals surface area contributed by atoms with Crippen molar-refractivity contribution in [1.82, 2.24) is 0 Å². The van der Waals surface area contributed by atoms with Crippen molar-refractivity contribution in [2.75, 3.05) is 53.4 Å². The van der Waals surface area contributed by atoms with E-state index in [1.165, 1.54) is 5.57 Å². The maximum absolute atomic E-state index is 12.7. The van der Waals surface area contributed by atoms with Gasteiger partial charge in [0.2, 0.25) is 0 Å². The Balaban J connectivity index is 2.03. The molecule has 1 aromatic rings. The molecule has 0 spiro atoms. The van der Waals surface area contributed by atoms with E-state index in [-0.39, 0.29) is 24.9 Å². The fraction of sp³-hybridized carbons (Fsp3) is 0.700. The van der Waals surface area contributed by atoms with Crippen LogP contribution in [0, 0.1) is 11.8 Å². The van der Waals surface area contributed by atoms with E-state index in [9.17, 15) is 9.90 Å². The first kappa shape index (κ1) is 31.3. The Kier molecular flexibility index (Phi) is 14.8. The summed E-state index contributed by atoms with van der Waals surface area (Å²) in [5.41, 5.74) is 3.00. The first-order chi connectivity index (χ1) is 17.9. The first-order valence-corrected chi connectivity index (χ1v) is 13.8. The number of hydrogen-bond donors (Lipinski definition) is 1. The summed E-state index contributed by atoms with van der Waals surface area (Å²) in [6.45, 7) is 11.2. The molecule has 0 amide bonds. The van der Waals surface area contributed by atoms with Crippen LogP contribution in [-0.4, -0.2) is 64.4 Å². The van der Waals surface area contributed by atoms with Gasteiger partial charge in [-0.15, -0.1) is 0 Å². The molecule has 1 aromatic carbocycles. The third-order valence-corrected chi connectivity index (χ3v) is 6.86. The van der Waals surface area contributed by atoms with Crippen LogP contribution in [-0.2, 0) is 30.2 Å². The van der Waals surface area contributed by atoms with Crippen molar-refractivity contribution >= 4 is 5.97 Å². The van der Waals surface area contributed by atoms with Gasteiger partial charge in [0.15, 0.2) is 0 Å². The minimum absolute atomic E-state index is 0.00154. The van der Waals surface area contributed by atoms with E-state index in [2.05, 4.69) is 33.8 Å². The highest BCUT2D eigenvalue weighted by Crippen LogP contribution is 2.47. The zero-order chi connectivity index (χ0) is 27.0. The Morgan fingerprint density at radius 2 is 1.70 bits per heavy atom. The molecule has 2 rings (SSSR count). The number of rotatable bonds is 18. The smallest absolute Gasteiger partial charge is 0.337 e. The summed E-state index contributed by atoms with van der Waals surface area (Å²) >= 11 is 0. The quantitative estimate of drug-likeness (QED) is 0.113. The summed E-state index contributed by atoms with van der Waals surface area (Å²) in [7, 11) is 1.63. The van der Waals surface area contributed by atoms with E-state index in [1.54, 1.807) is 7.11 Å². The Bertz CT molecular complexity index is 833. The van der Waals surface area contributed by atoms with Crippen LogP contribution < -0.4 is 4.74 Å². The second-order valence-electron chi connectivity index (χ2n) is 10.2. The summed E-state index contributed by atoms with van der Waals surface area (Å²) in [5.74, 6) is 0.986. The molecule has 0 radical (unpaired) electrons. The van der Waals surface area contributed by atoms with Crippen LogP contribution in [0.1, 0.15) is 76.8 Å². The van der Waals surface area contributed by atoms with Crippen LogP contribution in [0.4, 0.5) is 0 Å². The number of hydrogen-bond acceptors (Lipinski definition) is 7. The van der Waals surface area contributed by atoms with Crippen LogP contribution in [0.15, 0.2) is 23.8 Å². The number of benzene rings is 1. The zero-order valence-electron chi connectivity index (χ0n) is 23.6. The van der Waals surface area contributed by atoms with Crippen molar-refractivity contribution in [3.8, 4) is 11.5 Å². The molecule has 0 aromatic heterocycles. The van der Waals surface area contributed by atoms with Crippen molar-refractivity contribution < 1.29 is 33.6 Å². The van der Waals surface area contributed by atoms with Crippen LogP contribution in [0.25, 0.3) is 0 Å². The number of carbonyl (C=O) groups excluding carboxylic acids is 1. The number of esters is 1. The highest BCUT2D eigenvalue weighted by atomic mass is 16.6. The highest BCUT2D eigenvalue weighted by Gasteiger charge is 2.32. The van der Waals surface area contributed by atoms with Crippen LogP contribution in [0.5, 0.6) is 11.5 Å². The number of phenols is 1. The lowest BCUT2D eigenvalue weighted by atomic mass is 9.71. The fourth-order valence-electron chi connectivity index (χ4n) is 4.83. The van der Waals surface area contributed by atoms with E-state index in [4.69, 9.17) is 23.7 Å². The number of phenolic OH excluding ortho intramolecular Hbond substituents is 1. The number of ether oxygens (including phenoxy) is 5. The summed E-state index contributed by atoms with van der Waals surface area (Å²) in [6.07, 6.45) is 8.45. The molecule has 210 valence electrons. The molecule has 1 aliphatic carbocycles. The molecule has 0 bridgehead atoms. The van der Waals surface area contributed by atoms with Gasteiger partial charge >= 0.3 is 5.97 Å². The summed E-state index contributed by atoms with van der Waals surface area (Å²) in [4.78, 5) is 12.7. The maximum Gasteiger partial charge on any atom is 0.337 e. The van der Waals surface area contributed by atoms with E-state index in [0.29, 0.717) is 56.2 Å². The second-order valence-corrected chi connectivity index (χ2v) is 10.2. The number of carbonyl (C=O) groups is 1. The highest BCUT2D eigenvalue weighted by molar-refractivity contribution is 5.74. The summed E-state index contributed by atoms with van der Waals surface area (Å²) < 4.78 is 27.0. The Hall–Kier alpha value is -1.93. The van der Waals surface area contributed by atoms with E-state index < -0.39 is 5.97 Å². The molecule has 2 unspecified atom stereocenters. The van der Waals surface area contributed by atoms with Gasteiger partial charge in [0.05, 0.1) is 39.6 Å². The molecule has 0 saturated carbocycles. The predicted octanol–water partition coefficient (Wildman–Crippen LogP) is 5.82. The largest absolute Gasteiger partial charge is 0.507 e. The molecular formula is C30H48O7. The predicted molar refractivity (Wildman–Crippen MR) is 145 cm³/mol. The molecule has 0 saturated heterocycles. The third kappa shape index (κ3) is 11.1. The lowest BCUT2D eigenvalue weighted by Crippen LogP contribution is -2.23. The average molecular weight is 521 g/mol. The molecule has 1 N–H and O–H groups in total. The Labute approximate surface area is 223 Å². The normalized spacial score (nSPS) is 17.7. The number of aryl methyl sites for hydroxylation is 1. The maximum atomic E-state index is 12.7. The fourth-order valence-corrected chi connectivity index (χ4v) is 4.83. The summed E-state index contributed by atoms with van der Waals surface area (Å²) in [5, 5.41) is 11.2. The van der Waals surface area contributed by atoms with Crippen LogP contribution in [0.3, 0.4) is 0 Å².